The molecule has 0 unspecified atom stereocenters. The Balaban J connectivity index is 2.04. The first-order chi connectivity index (χ1) is 14.9. The van der Waals surface area contributed by atoms with Gasteiger partial charge in [-0.3, -0.25) is 9.59 Å². The molecular formula is C24H22FNO5. The highest BCUT2D eigenvalue weighted by molar-refractivity contribution is 6.37. The van der Waals surface area contributed by atoms with Crippen molar-refractivity contribution in [2.75, 3.05) is 6.61 Å². The number of halogens is 1. The van der Waals surface area contributed by atoms with E-state index in [1.807, 2.05) is 4.57 Å². The number of carboxylic acid groups (broad SMARTS) is 1. The van der Waals surface area contributed by atoms with Crippen LogP contribution in [0.1, 0.15) is 45.6 Å². The van der Waals surface area contributed by atoms with Crippen LogP contribution in [-0.4, -0.2) is 34.3 Å². The second-order valence-electron chi connectivity index (χ2n) is 7.75. The SMILES string of the molecule is Cc1c(C(=O)C=O)c2c(OCC(=O)O)cc3c(c2n1Cc1ccccc1F)CCCC3. The van der Waals surface area contributed by atoms with Gasteiger partial charge in [-0.2, -0.15) is 0 Å². The van der Waals surface area contributed by atoms with E-state index >= 15 is 0 Å². The number of benzene rings is 2. The molecule has 0 saturated heterocycles. The fourth-order valence-corrected chi connectivity index (χ4v) is 4.49. The maximum atomic E-state index is 14.4. The third-order valence-electron chi connectivity index (χ3n) is 5.86. The zero-order chi connectivity index (χ0) is 22.1. The van der Waals surface area contributed by atoms with Crippen LogP contribution < -0.4 is 4.74 Å². The molecule has 31 heavy (non-hydrogen) atoms. The highest BCUT2D eigenvalue weighted by Crippen LogP contribution is 2.41. The largest absolute Gasteiger partial charge is 0.481 e. The van der Waals surface area contributed by atoms with E-state index in [2.05, 4.69) is 0 Å². The molecule has 0 saturated carbocycles. The highest BCUT2D eigenvalue weighted by Gasteiger charge is 2.28. The number of aldehydes is 1. The number of carbonyl (C=O) groups is 3. The van der Waals surface area contributed by atoms with E-state index in [9.17, 15) is 18.8 Å². The minimum Gasteiger partial charge on any atom is -0.481 e. The molecule has 0 aliphatic heterocycles. The molecule has 0 spiro atoms. The molecule has 7 heteroatoms. The monoisotopic (exact) mass is 423 g/mol. The van der Waals surface area contributed by atoms with Crippen LogP contribution in [0.15, 0.2) is 30.3 Å². The number of aryl methyl sites for hydroxylation is 2. The Bertz CT molecular complexity index is 1210. The van der Waals surface area contributed by atoms with E-state index in [4.69, 9.17) is 9.84 Å². The topological polar surface area (TPSA) is 85.6 Å². The molecule has 3 aromatic rings. The first kappa shape index (κ1) is 20.8. The quantitative estimate of drug-likeness (QED) is 0.354. The summed E-state index contributed by atoms with van der Waals surface area (Å²) in [6, 6.07) is 8.20. The van der Waals surface area contributed by atoms with Gasteiger partial charge in [0.05, 0.1) is 23.0 Å². The number of hydrogen-bond donors (Lipinski definition) is 1. The number of aromatic nitrogens is 1. The summed E-state index contributed by atoms with van der Waals surface area (Å²) in [5, 5.41) is 9.52. The number of hydrogen-bond acceptors (Lipinski definition) is 4. The van der Waals surface area contributed by atoms with Crippen molar-refractivity contribution in [1.29, 1.82) is 0 Å². The first-order valence-electron chi connectivity index (χ1n) is 10.2. The normalized spacial score (nSPS) is 13.1. The van der Waals surface area contributed by atoms with Crippen LogP contribution >= 0.6 is 0 Å². The lowest BCUT2D eigenvalue weighted by Crippen LogP contribution is -2.12. The van der Waals surface area contributed by atoms with Gasteiger partial charge in [0.1, 0.15) is 11.6 Å². The number of ketones is 1. The summed E-state index contributed by atoms with van der Waals surface area (Å²) in [4.78, 5) is 35.2. The zero-order valence-electron chi connectivity index (χ0n) is 17.1. The molecule has 0 amide bonds. The summed E-state index contributed by atoms with van der Waals surface area (Å²) < 4.78 is 21.9. The smallest absolute Gasteiger partial charge is 0.341 e. The molecule has 0 bridgehead atoms. The number of Topliss-reactive ketones (excluding diaryl/α,β-unsaturated/α-hetero) is 1. The van der Waals surface area contributed by atoms with Crippen molar-refractivity contribution >= 4 is 28.9 Å². The van der Waals surface area contributed by atoms with Gasteiger partial charge in [0.15, 0.2) is 12.9 Å². The summed E-state index contributed by atoms with van der Waals surface area (Å²) in [5.74, 6) is -1.96. The van der Waals surface area contributed by atoms with Crippen molar-refractivity contribution < 1.29 is 28.6 Å². The van der Waals surface area contributed by atoms with Crippen LogP contribution in [-0.2, 0) is 29.0 Å². The number of rotatable bonds is 7. The van der Waals surface area contributed by atoms with Crippen LogP contribution in [0.2, 0.25) is 0 Å². The Morgan fingerprint density at radius 3 is 2.68 bits per heavy atom. The number of carboxylic acids is 1. The molecule has 1 N–H and O–H groups in total. The molecule has 0 atom stereocenters. The van der Waals surface area contributed by atoms with Gasteiger partial charge in [-0.15, -0.1) is 0 Å². The van der Waals surface area contributed by atoms with Crippen LogP contribution in [0.5, 0.6) is 5.75 Å². The Labute approximate surface area is 178 Å². The van der Waals surface area contributed by atoms with E-state index in [0.717, 1.165) is 36.8 Å². The van der Waals surface area contributed by atoms with Crippen LogP contribution in [0, 0.1) is 12.7 Å². The van der Waals surface area contributed by atoms with Crippen molar-refractivity contribution in [3.8, 4) is 5.75 Å². The number of aliphatic carboxylic acids is 1. The van der Waals surface area contributed by atoms with E-state index in [1.54, 1.807) is 31.2 Å². The minimum absolute atomic E-state index is 0.176. The second-order valence-corrected chi connectivity index (χ2v) is 7.75. The van der Waals surface area contributed by atoms with Crippen molar-refractivity contribution in [2.45, 2.75) is 39.2 Å². The fourth-order valence-electron chi connectivity index (χ4n) is 4.49. The van der Waals surface area contributed by atoms with Gasteiger partial charge in [-0.25, -0.2) is 9.18 Å². The fraction of sp³-hybridized carbons (Fsp3) is 0.292. The number of fused-ring (bicyclic) bond motifs is 3. The van der Waals surface area contributed by atoms with Gasteiger partial charge in [0, 0.05) is 11.3 Å². The summed E-state index contributed by atoms with van der Waals surface area (Å²) in [6.45, 7) is 1.32. The van der Waals surface area contributed by atoms with Crippen LogP contribution in [0.4, 0.5) is 4.39 Å². The van der Waals surface area contributed by atoms with Gasteiger partial charge < -0.3 is 14.4 Å². The Morgan fingerprint density at radius 2 is 1.97 bits per heavy atom. The van der Waals surface area contributed by atoms with Crippen LogP contribution in [0.3, 0.4) is 0 Å². The van der Waals surface area contributed by atoms with Gasteiger partial charge >= 0.3 is 5.97 Å². The Morgan fingerprint density at radius 1 is 1.23 bits per heavy atom. The molecule has 4 rings (SSSR count). The standard InChI is InChI=1S/C24H22FNO5/c1-14-22(19(28)12-27)23-20(31-13-21(29)30)10-15-6-2-4-8-17(15)24(23)26(14)11-16-7-3-5-9-18(16)25/h3,5,7,9-10,12H,2,4,6,8,11,13H2,1H3,(H,29,30). The zero-order valence-corrected chi connectivity index (χ0v) is 17.1. The number of ether oxygens (including phenoxy) is 1. The third kappa shape index (κ3) is 3.71. The van der Waals surface area contributed by atoms with Crippen LogP contribution in [0.25, 0.3) is 10.9 Å². The predicted octanol–water partition coefficient (Wildman–Crippen LogP) is 3.86. The summed E-state index contributed by atoms with van der Waals surface area (Å²) >= 11 is 0. The highest BCUT2D eigenvalue weighted by atomic mass is 19.1. The minimum atomic E-state index is -1.14. The predicted molar refractivity (Wildman–Crippen MR) is 112 cm³/mol. The van der Waals surface area contributed by atoms with Crippen molar-refractivity contribution in [3.63, 3.8) is 0 Å². The molecule has 160 valence electrons. The molecule has 0 radical (unpaired) electrons. The summed E-state index contributed by atoms with van der Waals surface area (Å²) in [7, 11) is 0. The lowest BCUT2D eigenvalue weighted by Gasteiger charge is -2.21. The summed E-state index contributed by atoms with van der Waals surface area (Å²) in [5.41, 5.74) is 3.92. The molecule has 1 aliphatic rings. The second kappa shape index (κ2) is 8.34. The lowest BCUT2D eigenvalue weighted by molar-refractivity contribution is -0.139. The molecule has 1 heterocycles. The van der Waals surface area contributed by atoms with Crippen molar-refractivity contribution in [3.05, 3.63) is 64.1 Å². The Hall–Kier alpha value is -3.48. The van der Waals surface area contributed by atoms with E-state index in [-0.39, 0.29) is 30.0 Å². The molecule has 2 aromatic carbocycles. The van der Waals surface area contributed by atoms with Crippen molar-refractivity contribution in [2.24, 2.45) is 0 Å². The van der Waals surface area contributed by atoms with E-state index in [0.29, 0.717) is 22.2 Å². The average Bonchev–Trinajstić information content (AvgIpc) is 3.05. The lowest BCUT2D eigenvalue weighted by atomic mass is 9.89. The third-order valence-corrected chi connectivity index (χ3v) is 5.86. The van der Waals surface area contributed by atoms with Gasteiger partial charge in [-0.05, 0) is 55.9 Å². The number of nitrogens with zero attached hydrogens (tertiary/aromatic N) is 1. The van der Waals surface area contributed by atoms with Crippen molar-refractivity contribution in [1.82, 2.24) is 4.57 Å². The van der Waals surface area contributed by atoms with Gasteiger partial charge in [0.25, 0.3) is 0 Å². The van der Waals surface area contributed by atoms with E-state index < -0.39 is 18.4 Å². The Kier molecular flexibility index (Phi) is 5.59. The maximum absolute atomic E-state index is 14.4. The first-order valence-corrected chi connectivity index (χ1v) is 10.2. The van der Waals surface area contributed by atoms with Gasteiger partial charge in [-0.1, -0.05) is 18.2 Å². The maximum Gasteiger partial charge on any atom is 0.341 e. The molecule has 1 aromatic heterocycles. The molecule has 6 nitrogen and oxygen atoms in total. The average molecular weight is 423 g/mol. The molecule has 1 aliphatic carbocycles. The molecule has 0 fully saturated rings. The summed E-state index contributed by atoms with van der Waals surface area (Å²) in [6.07, 6.45) is 3.79. The molecular weight excluding hydrogens is 401 g/mol. The van der Waals surface area contributed by atoms with Gasteiger partial charge in [0.2, 0.25) is 5.78 Å². The van der Waals surface area contributed by atoms with E-state index in [1.165, 1.54) is 6.07 Å². The number of carbonyl (C=O) groups excluding carboxylic acids is 2.